The average molecular weight is 380 g/mol. The number of carbonyl (C=O) groups is 1. The Morgan fingerprint density at radius 1 is 1.11 bits per heavy atom. The maximum absolute atomic E-state index is 13.1. The van der Waals surface area contributed by atoms with Crippen LogP contribution in [0.3, 0.4) is 0 Å². The quantitative estimate of drug-likeness (QED) is 0.857. The van der Waals surface area contributed by atoms with Gasteiger partial charge in [-0.25, -0.2) is 0 Å². The maximum Gasteiger partial charge on any atom is 0.232 e. The number of rotatable bonds is 3. The summed E-state index contributed by atoms with van der Waals surface area (Å²) in [4.78, 5) is 13.1. The van der Waals surface area contributed by atoms with Crippen molar-refractivity contribution in [2.45, 2.75) is 57.9 Å². The molecule has 6 nitrogen and oxygen atoms in total. The van der Waals surface area contributed by atoms with Crippen LogP contribution in [0.15, 0.2) is 24.3 Å². The average Bonchev–Trinajstić information content (AvgIpc) is 3.27. The van der Waals surface area contributed by atoms with E-state index in [1.54, 1.807) is 0 Å². The third kappa shape index (κ3) is 3.04. The molecule has 5 rings (SSSR count). The number of carbonyl (C=O) groups excluding carboxylic acids is 1. The molecule has 2 fully saturated rings. The summed E-state index contributed by atoms with van der Waals surface area (Å²) in [6.07, 6.45) is 9.22. The summed E-state index contributed by atoms with van der Waals surface area (Å²) in [6, 6.07) is 8.12. The lowest BCUT2D eigenvalue weighted by atomic mass is 9.67. The summed E-state index contributed by atoms with van der Waals surface area (Å²) in [5, 5.41) is 15.5. The number of aryl methyl sites for hydroxylation is 1. The van der Waals surface area contributed by atoms with Gasteiger partial charge in [-0.2, -0.15) is 0 Å². The Morgan fingerprint density at radius 2 is 2.00 bits per heavy atom. The van der Waals surface area contributed by atoms with Gasteiger partial charge < -0.3 is 15.2 Å². The molecular weight excluding hydrogens is 350 g/mol. The molecule has 1 aromatic carbocycles. The molecular formula is C22H29N5O. The van der Waals surface area contributed by atoms with Crippen molar-refractivity contribution in [2.24, 2.45) is 11.3 Å². The van der Waals surface area contributed by atoms with Crippen LogP contribution in [0.1, 0.15) is 50.8 Å². The van der Waals surface area contributed by atoms with Gasteiger partial charge >= 0.3 is 0 Å². The number of anilines is 1. The first-order valence-electron chi connectivity index (χ1n) is 10.8. The van der Waals surface area contributed by atoms with Crippen LogP contribution in [0, 0.1) is 11.3 Å². The first-order chi connectivity index (χ1) is 13.8. The number of hydrogen-bond donors (Lipinski definition) is 2. The summed E-state index contributed by atoms with van der Waals surface area (Å²) in [5.41, 5.74) is 1.71. The highest BCUT2D eigenvalue weighted by molar-refractivity contribution is 5.96. The fourth-order valence-corrected chi connectivity index (χ4v) is 5.35. The van der Waals surface area contributed by atoms with Crippen molar-refractivity contribution >= 4 is 11.6 Å². The number of hydrogen-bond acceptors (Lipinski definition) is 4. The van der Waals surface area contributed by atoms with Gasteiger partial charge in [0.05, 0.1) is 5.41 Å². The normalized spacial score (nSPS) is 26.9. The van der Waals surface area contributed by atoms with Crippen LogP contribution < -0.4 is 10.6 Å². The molecule has 1 saturated heterocycles. The monoisotopic (exact) mass is 379 g/mol. The Labute approximate surface area is 166 Å². The van der Waals surface area contributed by atoms with Gasteiger partial charge in [0, 0.05) is 30.8 Å². The lowest BCUT2D eigenvalue weighted by Gasteiger charge is -2.37. The molecule has 148 valence electrons. The predicted octanol–water partition coefficient (Wildman–Crippen LogP) is 3.39. The molecule has 2 aliphatic heterocycles. The minimum atomic E-state index is -0.221. The van der Waals surface area contributed by atoms with Crippen LogP contribution in [-0.2, 0) is 17.8 Å². The standard InChI is InChI=1S/C22H29N5O/c28-21(22-12-4-3-6-17(22)14-23-15-22)24-18-10-8-16(9-11-18)20-26-25-19-7-2-1-5-13-27(19)20/h8-11,17,23H,1-7,12-15H2,(H,24,28)/t17-,22+/m0/s1. The van der Waals surface area contributed by atoms with Crippen molar-refractivity contribution in [3.05, 3.63) is 30.1 Å². The fourth-order valence-electron chi connectivity index (χ4n) is 5.35. The highest BCUT2D eigenvalue weighted by Crippen LogP contribution is 2.44. The van der Waals surface area contributed by atoms with E-state index in [1.165, 1.54) is 25.7 Å². The zero-order valence-corrected chi connectivity index (χ0v) is 16.4. The lowest BCUT2D eigenvalue weighted by molar-refractivity contribution is -0.128. The molecule has 1 saturated carbocycles. The van der Waals surface area contributed by atoms with Gasteiger partial charge in [-0.15, -0.1) is 10.2 Å². The second kappa shape index (κ2) is 7.32. The van der Waals surface area contributed by atoms with E-state index in [-0.39, 0.29) is 11.3 Å². The van der Waals surface area contributed by atoms with E-state index in [1.807, 2.05) is 12.1 Å². The van der Waals surface area contributed by atoms with Crippen LogP contribution in [0.4, 0.5) is 5.69 Å². The fraction of sp³-hybridized carbons (Fsp3) is 0.591. The van der Waals surface area contributed by atoms with Gasteiger partial charge in [-0.1, -0.05) is 19.3 Å². The van der Waals surface area contributed by atoms with E-state index >= 15 is 0 Å². The van der Waals surface area contributed by atoms with Crippen molar-refractivity contribution in [1.29, 1.82) is 0 Å². The minimum absolute atomic E-state index is 0.186. The SMILES string of the molecule is O=C(Nc1ccc(-c2nnc3n2CCCCC3)cc1)[C@@]12CCCC[C@H]1CNC2. The van der Waals surface area contributed by atoms with Crippen LogP contribution >= 0.6 is 0 Å². The first kappa shape index (κ1) is 17.9. The molecule has 0 unspecified atom stereocenters. The number of aromatic nitrogens is 3. The van der Waals surface area contributed by atoms with E-state index in [0.717, 1.165) is 68.2 Å². The summed E-state index contributed by atoms with van der Waals surface area (Å²) in [5.74, 6) is 2.71. The van der Waals surface area contributed by atoms with E-state index < -0.39 is 0 Å². The van der Waals surface area contributed by atoms with Crippen molar-refractivity contribution in [2.75, 3.05) is 18.4 Å². The third-order valence-electron chi connectivity index (χ3n) is 7.00. The molecule has 2 atom stereocenters. The van der Waals surface area contributed by atoms with Crippen LogP contribution in [-0.4, -0.2) is 33.8 Å². The van der Waals surface area contributed by atoms with Crippen molar-refractivity contribution in [1.82, 2.24) is 20.1 Å². The largest absolute Gasteiger partial charge is 0.326 e. The topological polar surface area (TPSA) is 71.8 Å². The zero-order valence-electron chi connectivity index (χ0n) is 16.4. The lowest BCUT2D eigenvalue weighted by Crippen LogP contribution is -2.44. The van der Waals surface area contributed by atoms with Gasteiger partial charge in [-0.3, -0.25) is 4.79 Å². The molecule has 3 heterocycles. The molecule has 1 amide bonds. The number of nitrogens with zero attached hydrogens (tertiary/aromatic N) is 3. The Balaban J connectivity index is 1.33. The second-order valence-corrected chi connectivity index (χ2v) is 8.66. The van der Waals surface area contributed by atoms with Gasteiger partial charge in [-0.05, 0) is 62.4 Å². The van der Waals surface area contributed by atoms with E-state index in [0.29, 0.717) is 5.92 Å². The van der Waals surface area contributed by atoms with Crippen molar-refractivity contribution in [3.63, 3.8) is 0 Å². The smallest absolute Gasteiger partial charge is 0.232 e. The third-order valence-corrected chi connectivity index (χ3v) is 7.00. The molecule has 6 heteroatoms. The van der Waals surface area contributed by atoms with Gasteiger partial charge in [0.15, 0.2) is 5.82 Å². The molecule has 1 aromatic heterocycles. The molecule has 0 bridgehead atoms. The first-order valence-corrected chi connectivity index (χ1v) is 10.8. The Hall–Kier alpha value is -2.21. The maximum atomic E-state index is 13.1. The van der Waals surface area contributed by atoms with Gasteiger partial charge in [0.25, 0.3) is 0 Å². The molecule has 3 aliphatic rings. The van der Waals surface area contributed by atoms with Crippen LogP contribution in [0.2, 0.25) is 0 Å². The Morgan fingerprint density at radius 3 is 2.89 bits per heavy atom. The van der Waals surface area contributed by atoms with E-state index in [4.69, 9.17) is 0 Å². The molecule has 0 radical (unpaired) electrons. The van der Waals surface area contributed by atoms with Crippen LogP contribution in [0.5, 0.6) is 0 Å². The summed E-state index contributed by atoms with van der Waals surface area (Å²) >= 11 is 0. The summed E-state index contributed by atoms with van der Waals surface area (Å²) in [7, 11) is 0. The molecule has 2 N–H and O–H groups in total. The number of amides is 1. The Kier molecular flexibility index (Phi) is 4.67. The van der Waals surface area contributed by atoms with Gasteiger partial charge in [0.1, 0.15) is 5.82 Å². The van der Waals surface area contributed by atoms with Crippen molar-refractivity contribution < 1.29 is 4.79 Å². The van der Waals surface area contributed by atoms with E-state index in [9.17, 15) is 4.79 Å². The number of benzene rings is 1. The minimum Gasteiger partial charge on any atom is -0.326 e. The summed E-state index contributed by atoms with van der Waals surface area (Å²) < 4.78 is 2.26. The highest BCUT2D eigenvalue weighted by Gasteiger charge is 2.49. The molecule has 2 aromatic rings. The predicted molar refractivity (Wildman–Crippen MR) is 109 cm³/mol. The van der Waals surface area contributed by atoms with Crippen LogP contribution in [0.25, 0.3) is 11.4 Å². The van der Waals surface area contributed by atoms with Crippen molar-refractivity contribution in [3.8, 4) is 11.4 Å². The molecule has 1 aliphatic carbocycles. The number of fused-ring (bicyclic) bond motifs is 2. The summed E-state index contributed by atoms with van der Waals surface area (Å²) in [6.45, 7) is 2.78. The number of nitrogens with one attached hydrogen (secondary N) is 2. The zero-order chi connectivity index (χ0) is 19.0. The second-order valence-electron chi connectivity index (χ2n) is 8.66. The molecule has 0 spiro atoms. The van der Waals surface area contributed by atoms with Gasteiger partial charge in [0.2, 0.25) is 5.91 Å². The van der Waals surface area contributed by atoms with E-state index in [2.05, 4.69) is 37.5 Å². The highest BCUT2D eigenvalue weighted by atomic mass is 16.2. The Bertz CT molecular complexity index is 858. The molecule has 28 heavy (non-hydrogen) atoms.